The maximum Gasteiger partial charge on any atom is 0.261 e. The van der Waals surface area contributed by atoms with Gasteiger partial charge in [0.1, 0.15) is 11.8 Å². The first-order valence-electron chi connectivity index (χ1n) is 8.88. The first kappa shape index (κ1) is 22.1. The number of halogens is 2. The van der Waals surface area contributed by atoms with Crippen molar-refractivity contribution in [3.8, 4) is 5.75 Å². The van der Waals surface area contributed by atoms with Gasteiger partial charge >= 0.3 is 0 Å². The van der Waals surface area contributed by atoms with E-state index in [2.05, 4.69) is 5.32 Å². The molecular formula is C21H24Cl2N2O3. The Balaban J connectivity index is 2.21. The fraction of sp³-hybridized carbons (Fsp3) is 0.333. The maximum atomic E-state index is 12.9. The van der Waals surface area contributed by atoms with Gasteiger partial charge in [0, 0.05) is 23.6 Å². The van der Waals surface area contributed by atoms with Crippen LogP contribution >= 0.6 is 23.2 Å². The lowest BCUT2D eigenvalue weighted by Crippen LogP contribution is -2.48. The Morgan fingerprint density at radius 2 is 1.89 bits per heavy atom. The zero-order valence-electron chi connectivity index (χ0n) is 16.4. The minimum atomic E-state index is -0.688. The molecule has 0 fully saturated rings. The summed E-state index contributed by atoms with van der Waals surface area (Å²) in [5, 5.41) is 3.51. The Kier molecular flexibility index (Phi) is 7.72. The molecular weight excluding hydrogens is 399 g/mol. The molecule has 2 rings (SSSR count). The molecule has 7 heteroatoms. The van der Waals surface area contributed by atoms with Crippen LogP contribution in [0.5, 0.6) is 5.75 Å². The highest BCUT2D eigenvalue weighted by Gasteiger charge is 2.26. The number of benzene rings is 2. The highest BCUT2D eigenvalue weighted by molar-refractivity contribution is 6.35. The van der Waals surface area contributed by atoms with Crippen molar-refractivity contribution in [2.75, 3.05) is 13.7 Å². The molecule has 0 radical (unpaired) electrons. The van der Waals surface area contributed by atoms with Crippen LogP contribution in [0.3, 0.4) is 0 Å². The van der Waals surface area contributed by atoms with Crippen LogP contribution in [0.2, 0.25) is 10.0 Å². The minimum absolute atomic E-state index is 0.166. The van der Waals surface area contributed by atoms with E-state index in [1.54, 1.807) is 25.1 Å². The number of nitrogens with zero attached hydrogens (tertiary/aromatic N) is 1. The third-order valence-corrected chi connectivity index (χ3v) is 5.26. The van der Waals surface area contributed by atoms with Crippen LogP contribution in [-0.4, -0.2) is 36.4 Å². The smallest absolute Gasteiger partial charge is 0.261 e. The van der Waals surface area contributed by atoms with Crippen molar-refractivity contribution in [3.05, 3.63) is 63.1 Å². The normalized spacial score (nSPS) is 11.6. The van der Waals surface area contributed by atoms with E-state index in [1.165, 1.54) is 11.9 Å². The summed E-state index contributed by atoms with van der Waals surface area (Å²) >= 11 is 12.2. The molecule has 0 spiro atoms. The van der Waals surface area contributed by atoms with E-state index in [4.69, 9.17) is 27.9 Å². The molecule has 0 bridgehead atoms. The number of rotatable bonds is 7. The van der Waals surface area contributed by atoms with Crippen molar-refractivity contribution in [2.45, 2.75) is 33.4 Å². The minimum Gasteiger partial charge on any atom is -0.483 e. The van der Waals surface area contributed by atoms with Gasteiger partial charge in [0.05, 0.1) is 0 Å². The van der Waals surface area contributed by atoms with Gasteiger partial charge in [-0.15, -0.1) is 0 Å². The fourth-order valence-electron chi connectivity index (χ4n) is 2.73. The number of aryl methyl sites for hydroxylation is 1. The second-order valence-corrected chi connectivity index (χ2v) is 7.38. The first-order valence-corrected chi connectivity index (χ1v) is 9.64. The van der Waals surface area contributed by atoms with Crippen molar-refractivity contribution < 1.29 is 14.3 Å². The molecule has 1 atom stereocenters. The summed E-state index contributed by atoms with van der Waals surface area (Å²) in [6, 6.07) is 10.0. The Bertz CT molecular complexity index is 871. The van der Waals surface area contributed by atoms with E-state index >= 15 is 0 Å². The van der Waals surface area contributed by atoms with Gasteiger partial charge in [-0.3, -0.25) is 9.59 Å². The van der Waals surface area contributed by atoms with E-state index < -0.39 is 6.04 Å². The number of amides is 2. The summed E-state index contributed by atoms with van der Waals surface area (Å²) in [6.45, 7) is 5.56. The number of ether oxygens (including phenoxy) is 1. The summed E-state index contributed by atoms with van der Waals surface area (Å²) < 4.78 is 5.73. The molecule has 0 saturated heterocycles. The van der Waals surface area contributed by atoms with Crippen molar-refractivity contribution in [1.82, 2.24) is 10.2 Å². The predicted octanol–water partition coefficient (Wildman–Crippen LogP) is 4.15. The lowest BCUT2D eigenvalue weighted by Gasteiger charge is -2.28. The van der Waals surface area contributed by atoms with Crippen LogP contribution in [-0.2, 0) is 16.1 Å². The SMILES string of the molecule is CNC(=O)[C@H](C)N(Cc1ccc(Cl)cc1Cl)C(=O)COc1cccc(C)c1C. The van der Waals surface area contributed by atoms with Crippen LogP contribution in [0.1, 0.15) is 23.6 Å². The average molecular weight is 423 g/mol. The van der Waals surface area contributed by atoms with Crippen LogP contribution in [0, 0.1) is 13.8 Å². The summed E-state index contributed by atoms with van der Waals surface area (Å²) in [7, 11) is 1.53. The molecule has 0 aliphatic rings. The largest absolute Gasteiger partial charge is 0.483 e. The Labute approximate surface area is 175 Å². The molecule has 0 unspecified atom stereocenters. The van der Waals surface area contributed by atoms with Crippen LogP contribution in [0.25, 0.3) is 0 Å². The second kappa shape index (κ2) is 9.80. The highest BCUT2D eigenvalue weighted by atomic mass is 35.5. The number of hydrogen-bond acceptors (Lipinski definition) is 3. The van der Waals surface area contributed by atoms with Crippen molar-refractivity contribution >= 4 is 35.0 Å². The Morgan fingerprint density at radius 1 is 1.18 bits per heavy atom. The Hall–Kier alpha value is -2.24. The lowest BCUT2D eigenvalue weighted by atomic mass is 10.1. The van der Waals surface area contributed by atoms with Crippen molar-refractivity contribution in [3.63, 3.8) is 0 Å². The topological polar surface area (TPSA) is 58.6 Å². The number of hydrogen-bond donors (Lipinski definition) is 1. The van der Waals surface area contributed by atoms with E-state index in [9.17, 15) is 9.59 Å². The molecule has 0 aliphatic heterocycles. The molecule has 0 heterocycles. The van der Waals surface area contributed by atoms with Gasteiger partial charge in [0.25, 0.3) is 5.91 Å². The summed E-state index contributed by atoms with van der Waals surface area (Å²) in [4.78, 5) is 26.5. The molecule has 1 N–H and O–H groups in total. The molecule has 5 nitrogen and oxygen atoms in total. The fourth-order valence-corrected chi connectivity index (χ4v) is 3.20. The zero-order valence-corrected chi connectivity index (χ0v) is 17.9. The molecule has 0 saturated carbocycles. The van der Waals surface area contributed by atoms with Gasteiger partial charge in [0.2, 0.25) is 5.91 Å². The van der Waals surface area contributed by atoms with Gasteiger partial charge in [-0.25, -0.2) is 0 Å². The predicted molar refractivity (Wildman–Crippen MR) is 112 cm³/mol. The number of carbonyl (C=O) groups is 2. The molecule has 2 amide bonds. The van der Waals surface area contributed by atoms with Gasteiger partial charge in [-0.1, -0.05) is 41.4 Å². The van der Waals surface area contributed by atoms with Gasteiger partial charge in [-0.05, 0) is 55.7 Å². The molecule has 150 valence electrons. The number of nitrogens with one attached hydrogen (secondary N) is 1. The molecule has 2 aromatic rings. The number of likely N-dealkylation sites (N-methyl/N-ethyl adjacent to an activating group) is 1. The second-order valence-electron chi connectivity index (χ2n) is 6.53. The highest BCUT2D eigenvalue weighted by Crippen LogP contribution is 2.24. The van der Waals surface area contributed by atoms with Gasteiger partial charge in [-0.2, -0.15) is 0 Å². The number of carbonyl (C=O) groups excluding carboxylic acids is 2. The van der Waals surface area contributed by atoms with E-state index in [0.717, 1.165) is 11.1 Å². The molecule has 0 aliphatic carbocycles. The molecule has 0 aromatic heterocycles. The summed E-state index contributed by atoms with van der Waals surface area (Å²) in [5.41, 5.74) is 2.75. The first-order chi connectivity index (χ1) is 13.2. The zero-order chi connectivity index (χ0) is 20.8. The third kappa shape index (κ3) is 5.40. The van der Waals surface area contributed by atoms with Crippen molar-refractivity contribution in [1.29, 1.82) is 0 Å². The van der Waals surface area contributed by atoms with E-state index in [0.29, 0.717) is 21.4 Å². The van der Waals surface area contributed by atoms with Crippen molar-refractivity contribution in [2.24, 2.45) is 0 Å². The van der Waals surface area contributed by atoms with E-state index in [-0.39, 0.29) is 25.0 Å². The van der Waals surface area contributed by atoms with Crippen LogP contribution in [0.15, 0.2) is 36.4 Å². The van der Waals surface area contributed by atoms with Gasteiger partial charge in [0.15, 0.2) is 6.61 Å². The lowest BCUT2D eigenvalue weighted by molar-refractivity contribution is -0.142. The molecule has 2 aromatic carbocycles. The third-order valence-electron chi connectivity index (χ3n) is 4.68. The summed E-state index contributed by atoms with van der Waals surface area (Å²) in [6.07, 6.45) is 0. The Morgan fingerprint density at radius 3 is 2.54 bits per heavy atom. The van der Waals surface area contributed by atoms with Gasteiger partial charge < -0.3 is 15.0 Å². The monoisotopic (exact) mass is 422 g/mol. The molecule has 28 heavy (non-hydrogen) atoms. The van der Waals surface area contributed by atoms with E-state index in [1.807, 2.05) is 32.0 Å². The maximum absolute atomic E-state index is 12.9. The van der Waals surface area contributed by atoms with Crippen LogP contribution in [0.4, 0.5) is 0 Å². The van der Waals surface area contributed by atoms with Crippen LogP contribution < -0.4 is 10.1 Å². The quantitative estimate of drug-likeness (QED) is 0.728. The standard InChI is InChI=1S/C21H24Cl2N2O3/c1-13-6-5-7-19(14(13)2)28-12-20(26)25(15(3)21(27)24-4)11-16-8-9-17(22)10-18(16)23/h5-10,15H,11-12H2,1-4H3,(H,24,27)/t15-/m0/s1. The summed E-state index contributed by atoms with van der Waals surface area (Å²) in [5.74, 6) is 0.0543. The average Bonchev–Trinajstić information content (AvgIpc) is 2.67.